The number of carbonyl (C=O) groups is 2. The van der Waals surface area contributed by atoms with E-state index in [-0.39, 0.29) is 23.6 Å². The van der Waals surface area contributed by atoms with Crippen LogP contribution < -0.4 is 4.57 Å². The lowest BCUT2D eigenvalue weighted by molar-refractivity contribution is -0.688. The third kappa shape index (κ3) is 1.96. The number of imidazole rings is 1. The largest absolute Gasteiger partial charge is 0.477 e. The molecule has 2 aliphatic rings. The van der Waals surface area contributed by atoms with Crippen molar-refractivity contribution in [2.24, 2.45) is 11.8 Å². The Bertz CT molecular complexity index is 852. The number of carboxylic acids is 1. The molecule has 0 spiro atoms. The topological polar surface area (TPSA) is 86.1 Å². The first-order chi connectivity index (χ1) is 11.4. The van der Waals surface area contributed by atoms with Gasteiger partial charge in [0.05, 0.1) is 18.1 Å². The lowest BCUT2D eigenvalue weighted by atomic mass is 9.78. The number of aliphatic carboxylic acids is 1. The third-order valence-corrected chi connectivity index (χ3v) is 5.90. The van der Waals surface area contributed by atoms with E-state index in [1.807, 2.05) is 40.0 Å². The Labute approximate surface area is 142 Å². The average molecular weight is 348 g/mol. The Morgan fingerprint density at radius 2 is 2.25 bits per heavy atom. The summed E-state index contributed by atoms with van der Waals surface area (Å²) in [6, 6.07) is -0.261. The quantitative estimate of drug-likeness (QED) is 0.622. The van der Waals surface area contributed by atoms with Crippen LogP contribution in [-0.2, 0) is 16.1 Å². The van der Waals surface area contributed by atoms with Crippen LogP contribution in [0.15, 0.2) is 35.4 Å². The zero-order valence-corrected chi connectivity index (χ0v) is 14.1. The lowest BCUT2D eigenvalue weighted by Gasteiger charge is -2.46. The molecule has 2 aromatic heterocycles. The molecule has 24 heavy (non-hydrogen) atoms. The van der Waals surface area contributed by atoms with E-state index in [9.17, 15) is 19.8 Å². The van der Waals surface area contributed by atoms with Gasteiger partial charge in [0.2, 0.25) is 17.1 Å². The maximum Gasteiger partial charge on any atom is 0.352 e. The normalized spacial score (nSPS) is 27.5. The molecule has 0 aliphatic carbocycles. The number of amides is 1. The van der Waals surface area contributed by atoms with Crippen molar-refractivity contribution in [3.63, 3.8) is 0 Å². The van der Waals surface area contributed by atoms with Crippen LogP contribution >= 0.6 is 11.3 Å². The highest BCUT2D eigenvalue weighted by atomic mass is 32.1. The van der Waals surface area contributed by atoms with Crippen molar-refractivity contribution in [3.05, 3.63) is 35.4 Å². The molecule has 2 N–H and O–H groups in total. The van der Waals surface area contributed by atoms with E-state index in [0.717, 1.165) is 10.4 Å². The van der Waals surface area contributed by atoms with Gasteiger partial charge in [-0.15, -0.1) is 0 Å². The lowest BCUT2D eigenvalue weighted by Crippen LogP contribution is -2.63. The molecular formula is C16H18N3O4S+. The highest BCUT2D eigenvalue weighted by Gasteiger charge is 2.60. The van der Waals surface area contributed by atoms with Crippen LogP contribution in [-0.4, -0.2) is 43.5 Å². The molecule has 2 aromatic rings. The van der Waals surface area contributed by atoms with Gasteiger partial charge in [0.1, 0.15) is 24.6 Å². The maximum atomic E-state index is 12.3. The van der Waals surface area contributed by atoms with Crippen LogP contribution in [0.5, 0.6) is 0 Å². The minimum Gasteiger partial charge on any atom is -0.477 e. The molecule has 1 saturated heterocycles. The maximum absolute atomic E-state index is 12.3. The Balaban J connectivity index is 1.71. The highest BCUT2D eigenvalue weighted by Crippen LogP contribution is 2.47. The van der Waals surface area contributed by atoms with Crippen LogP contribution in [0.2, 0.25) is 0 Å². The van der Waals surface area contributed by atoms with Gasteiger partial charge in [0.15, 0.2) is 0 Å². The number of β-lactam (4-membered cyclic amide) rings is 1. The van der Waals surface area contributed by atoms with Crippen molar-refractivity contribution in [3.8, 4) is 0 Å². The molecule has 8 heteroatoms. The SMILES string of the molecule is C[C@@H](O)[C@H]1C(=O)N2C(C(=O)O)=C(C[n+]3cc4sccn4c3)[C@H](C)[C@H]12. The fraction of sp³-hybridized carbons (Fsp3) is 0.438. The number of thiazole rings is 1. The van der Waals surface area contributed by atoms with E-state index in [0.29, 0.717) is 6.54 Å². The summed E-state index contributed by atoms with van der Waals surface area (Å²) in [6.07, 6.45) is 5.05. The van der Waals surface area contributed by atoms with Crippen molar-refractivity contribution in [1.82, 2.24) is 9.30 Å². The molecule has 126 valence electrons. The fourth-order valence-corrected chi connectivity index (χ4v) is 4.72. The Kier molecular flexibility index (Phi) is 3.29. The predicted molar refractivity (Wildman–Crippen MR) is 85.1 cm³/mol. The Morgan fingerprint density at radius 3 is 2.88 bits per heavy atom. The second-order valence-corrected chi connectivity index (χ2v) is 7.42. The van der Waals surface area contributed by atoms with Gasteiger partial charge < -0.3 is 15.1 Å². The molecule has 0 unspecified atom stereocenters. The minimum absolute atomic E-state index is 0.0801. The summed E-state index contributed by atoms with van der Waals surface area (Å²) in [5.74, 6) is -2.00. The minimum atomic E-state index is -1.08. The number of rotatable bonds is 4. The van der Waals surface area contributed by atoms with Gasteiger partial charge >= 0.3 is 5.97 Å². The Hall–Kier alpha value is -2.19. The van der Waals surface area contributed by atoms with Gasteiger partial charge in [-0.1, -0.05) is 18.3 Å². The van der Waals surface area contributed by atoms with Gasteiger partial charge in [-0.25, -0.2) is 9.36 Å². The standard InChI is InChI=1S/C16H17N3O4S/c1-8-10(5-17-6-11-18(7-17)3-4-24-11)14(16(22)23)19-13(8)12(9(2)20)15(19)21/h3-4,6-9,12-13,20H,5H2,1-2H3/p+1/t8-,9+,12+,13+/m0/s1. The predicted octanol–water partition coefficient (Wildman–Crippen LogP) is 0.484. The van der Waals surface area contributed by atoms with Gasteiger partial charge in [0.25, 0.3) is 0 Å². The molecule has 1 amide bonds. The van der Waals surface area contributed by atoms with Crippen LogP contribution in [0, 0.1) is 11.8 Å². The van der Waals surface area contributed by atoms with Crippen LogP contribution in [0.25, 0.3) is 4.83 Å². The number of carboxylic acid groups (broad SMARTS) is 1. The van der Waals surface area contributed by atoms with Crippen molar-refractivity contribution in [2.45, 2.75) is 32.5 Å². The fourth-order valence-electron chi connectivity index (χ4n) is 3.96. The second-order valence-electron chi connectivity index (χ2n) is 6.50. The summed E-state index contributed by atoms with van der Waals surface area (Å²) in [4.78, 5) is 26.5. The third-order valence-electron chi connectivity index (χ3n) is 5.08. The van der Waals surface area contributed by atoms with E-state index in [4.69, 9.17) is 0 Å². The first-order valence-electron chi connectivity index (χ1n) is 7.82. The molecule has 0 bridgehead atoms. The van der Waals surface area contributed by atoms with Crippen LogP contribution in [0.1, 0.15) is 13.8 Å². The van der Waals surface area contributed by atoms with E-state index in [1.54, 1.807) is 18.3 Å². The summed E-state index contributed by atoms with van der Waals surface area (Å²) in [6.45, 7) is 3.94. The number of aliphatic hydroxyl groups is 1. The summed E-state index contributed by atoms with van der Waals surface area (Å²) in [5.41, 5.74) is 0.809. The van der Waals surface area contributed by atoms with Gasteiger partial charge in [-0.2, -0.15) is 4.40 Å². The monoisotopic (exact) mass is 348 g/mol. The number of hydrogen-bond acceptors (Lipinski definition) is 4. The van der Waals surface area contributed by atoms with Gasteiger partial charge in [-0.05, 0) is 6.92 Å². The molecular weight excluding hydrogens is 330 g/mol. The Morgan fingerprint density at radius 1 is 1.50 bits per heavy atom. The number of hydrogen-bond donors (Lipinski definition) is 2. The first-order valence-corrected chi connectivity index (χ1v) is 8.70. The van der Waals surface area contributed by atoms with Gasteiger partial charge in [0, 0.05) is 16.9 Å². The molecule has 0 saturated carbocycles. The summed E-state index contributed by atoms with van der Waals surface area (Å²) in [7, 11) is 0. The zero-order valence-electron chi connectivity index (χ0n) is 13.3. The van der Waals surface area contributed by atoms with Crippen LogP contribution in [0.3, 0.4) is 0 Å². The molecule has 4 atom stereocenters. The molecule has 0 aromatic carbocycles. The number of fused-ring (bicyclic) bond motifs is 2. The first kappa shape index (κ1) is 15.3. The smallest absolute Gasteiger partial charge is 0.352 e. The van der Waals surface area contributed by atoms with Crippen molar-refractivity contribution in [1.29, 1.82) is 0 Å². The van der Waals surface area contributed by atoms with E-state index < -0.39 is 18.0 Å². The number of carbonyl (C=O) groups excluding carboxylic acids is 1. The number of aromatic nitrogens is 2. The van der Waals surface area contributed by atoms with Crippen molar-refractivity contribution >= 4 is 28.0 Å². The van der Waals surface area contributed by atoms with Crippen LogP contribution in [0.4, 0.5) is 0 Å². The zero-order chi connectivity index (χ0) is 17.2. The van der Waals surface area contributed by atoms with E-state index >= 15 is 0 Å². The summed E-state index contributed by atoms with van der Waals surface area (Å²) < 4.78 is 3.91. The number of aliphatic hydroxyl groups excluding tert-OH is 1. The second kappa shape index (κ2) is 5.15. The van der Waals surface area contributed by atoms with E-state index in [1.165, 1.54) is 4.90 Å². The summed E-state index contributed by atoms with van der Waals surface area (Å²) in [5, 5.41) is 21.5. The molecule has 2 aliphatic heterocycles. The average Bonchev–Trinajstić information content (AvgIpc) is 3.12. The van der Waals surface area contributed by atoms with Crippen molar-refractivity contribution < 1.29 is 24.4 Å². The molecule has 1 fully saturated rings. The van der Waals surface area contributed by atoms with E-state index in [2.05, 4.69) is 0 Å². The molecule has 7 nitrogen and oxygen atoms in total. The number of nitrogens with zero attached hydrogens (tertiary/aromatic N) is 3. The molecule has 0 radical (unpaired) electrons. The highest BCUT2D eigenvalue weighted by molar-refractivity contribution is 7.15. The molecule has 4 heterocycles. The van der Waals surface area contributed by atoms with Crippen molar-refractivity contribution in [2.75, 3.05) is 0 Å². The van der Waals surface area contributed by atoms with Gasteiger partial charge in [-0.3, -0.25) is 4.79 Å². The molecule has 4 rings (SSSR count). The summed E-state index contributed by atoms with van der Waals surface area (Å²) >= 11 is 1.60.